The number of halogens is 1. The van der Waals surface area contributed by atoms with Gasteiger partial charge < -0.3 is 5.11 Å². The Morgan fingerprint density at radius 2 is 2.06 bits per heavy atom. The van der Waals surface area contributed by atoms with Gasteiger partial charge in [0.1, 0.15) is 5.69 Å². The van der Waals surface area contributed by atoms with Crippen LogP contribution in [0.2, 0.25) is 0 Å². The maximum Gasteiger partial charge on any atom is 0.354 e. The second kappa shape index (κ2) is 5.23. The van der Waals surface area contributed by atoms with Crippen molar-refractivity contribution in [3.8, 4) is 0 Å². The molecule has 1 rings (SSSR count). The zero-order valence-electron chi connectivity index (χ0n) is 8.92. The normalized spacial score (nSPS) is 10.5. The Hall–Kier alpha value is -1.48. The molecule has 8 nitrogen and oxygen atoms in total. The van der Waals surface area contributed by atoms with E-state index in [0.29, 0.717) is 4.57 Å². The fraction of sp³-hybridized carbons (Fsp3) is 0.500. The number of hydrogen-bond acceptors (Lipinski definition) is 5. The van der Waals surface area contributed by atoms with Gasteiger partial charge in [-0.1, -0.05) is 15.9 Å². The van der Waals surface area contributed by atoms with E-state index in [1.165, 1.54) is 0 Å². The number of nitro groups is 1. The van der Waals surface area contributed by atoms with Gasteiger partial charge in [0.15, 0.2) is 0 Å². The molecule has 0 aromatic carbocycles. The van der Waals surface area contributed by atoms with Gasteiger partial charge >= 0.3 is 16.9 Å². The van der Waals surface area contributed by atoms with Gasteiger partial charge in [-0.05, 0) is 0 Å². The second-order valence-electron chi connectivity index (χ2n) is 3.21. The fourth-order valence-electron chi connectivity index (χ4n) is 1.44. The van der Waals surface area contributed by atoms with Gasteiger partial charge in [0.05, 0.1) is 23.4 Å². The summed E-state index contributed by atoms with van der Waals surface area (Å²) in [6.07, 6.45) is 0. The van der Waals surface area contributed by atoms with Gasteiger partial charge in [0.25, 0.3) is 0 Å². The minimum Gasteiger partial charge on any atom is -0.395 e. The smallest absolute Gasteiger partial charge is 0.354 e. The lowest BCUT2D eigenvalue weighted by Crippen LogP contribution is -2.41. The second-order valence-corrected chi connectivity index (χ2v) is 3.77. The first-order valence-corrected chi connectivity index (χ1v) is 5.71. The summed E-state index contributed by atoms with van der Waals surface area (Å²) in [5, 5.41) is 19.6. The van der Waals surface area contributed by atoms with Gasteiger partial charge in [-0.15, -0.1) is 0 Å². The molecule has 0 aliphatic rings. The van der Waals surface area contributed by atoms with Crippen molar-refractivity contribution < 1.29 is 10.0 Å². The van der Waals surface area contributed by atoms with Crippen molar-refractivity contribution in [1.29, 1.82) is 0 Å². The van der Waals surface area contributed by atoms with Crippen LogP contribution in [0.3, 0.4) is 0 Å². The lowest BCUT2D eigenvalue weighted by Gasteiger charge is -2.11. The zero-order valence-corrected chi connectivity index (χ0v) is 10.5. The lowest BCUT2D eigenvalue weighted by molar-refractivity contribution is -0.387. The SMILES string of the molecule is Cn1c(=O)c([N+](=O)[O-])c(CBr)n(CCO)c1=O. The average Bonchev–Trinajstić information content (AvgIpc) is 2.29. The summed E-state index contributed by atoms with van der Waals surface area (Å²) < 4.78 is 1.66. The minimum atomic E-state index is -0.955. The quantitative estimate of drug-likeness (QED) is 0.451. The van der Waals surface area contributed by atoms with Crippen LogP contribution < -0.4 is 11.2 Å². The van der Waals surface area contributed by atoms with Crippen LogP contribution in [-0.2, 0) is 18.9 Å². The van der Waals surface area contributed by atoms with Gasteiger partial charge in [-0.2, -0.15) is 0 Å². The molecule has 9 heteroatoms. The Bertz CT molecular complexity index is 562. The number of aromatic nitrogens is 2. The number of nitrogens with zero attached hydrogens (tertiary/aromatic N) is 3. The van der Waals surface area contributed by atoms with Gasteiger partial charge in [0, 0.05) is 7.05 Å². The van der Waals surface area contributed by atoms with Crippen LogP contribution >= 0.6 is 15.9 Å². The van der Waals surface area contributed by atoms with E-state index in [4.69, 9.17) is 5.11 Å². The number of hydrogen-bond donors (Lipinski definition) is 1. The molecule has 0 saturated carbocycles. The summed E-state index contributed by atoms with van der Waals surface area (Å²) in [6, 6.07) is 0. The highest BCUT2D eigenvalue weighted by atomic mass is 79.9. The van der Waals surface area contributed by atoms with Gasteiger partial charge in [-0.3, -0.25) is 24.0 Å². The molecule has 1 N–H and O–H groups in total. The van der Waals surface area contributed by atoms with E-state index in [-0.39, 0.29) is 24.2 Å². The third kappa shape index (κ3) is 2.29. The van der Waals surface area contributed by atoms with Crippen molar-refractivity contribution in [2.24, 2.45) is 7.05 Å². The van der Waals surface area contributed by atoms with Crippen LogP contribution in [0.15, 0.2) is 9.59 Å². The van der Waals surface area contributed by atoms with Crippen molar-refractivity contribution in [1.82, 2.24) is 9.13 Å². The van der Waals surface area contributed by atoms with E-state index in [0.717, 1.165) is 11.6 Å². The largest absolute Gasteiger partial charge is 0.395 e. The molecule has 1 aromatic rings. The molecule has 1 heterocycles. The Labute approximate surface area is 103 Å². The van der Waals surface area contributed by atoms with Crippen LogP contribution in [0.5, 0.6) is 0 Å². The molecule has 17 heavy (non-hydrogen) atoms. The highest BCUT2D eigenvalue weighted by Crippen LogP contribution is 2.14. The Morgan fingerprint density at radius 1 is 1.47 bits per heavy atom. The third-order valence-corrected chi connectivity index (χ3v) is 2.79. The Kier molecular flexibility index (Phi) is 4.18. The summed E-state index contributed by atoms with van der Waals surface area (Å²) in [7, 11) is 1.16. The maximum atomic E-state index is 11.7. The van der Waals surface area contributed by atoms with Crippen molar-refractivity contribution in [3.63, 3.8) is 0 Å². The van der Waals surface area contributed by atoms with E-state index in [2.05, 4.69) is 15.9 Å². The molecule has 0 bridgehead atoms. The van der Waals surface area contributed by atoms with Crippen molar-refractivity contribution in [2.45, 2.75) is 11.9 Å². The van der Waals surface area contributed by atoms with Gasteiger partial charge in [-0.25, -0.2) is 4.79 Å². The highest BCUT2D eigenvalue weighted by Gasteiger charge is 2.25. The maximum absolute atomic E-state index is 11.7. The Morgan fingerprint density at radius 3 is 2.47 bits per heavy atom. The molecule has 0 amide bonds. The summed E-state index contributed by atoms with van der Waals surface area (Å²) in [5.41, 5.74) is -2.35. The van der Waals surface area contributed by atoms with Crippen LogP contribution in [0, 0.1) is 10.1 Å². The summed E-state index contributed by atoms with van der Waals surface area (Å²) in [6.45, 7) is -0.454. The fourth-order valence-corrected chi connectivity index (χ4v) is 2.01. The molecule has 0 saturated heterocycles. The summed E-state index contributed by atoms with van der Waals surface area (Å²) in [4.78, 5) is 33.3. The molecule has 0 atom stereocenters. The molecule has 0 aliphatic carbocycles. The Balaban J connectivity index is 3.78. The van der Waals surface area contributed by atoms with Crippen molar-refractivity contribution in [3.05, 3.63) is 36.6 Å². The number of aliphatic hydroxyl groups excluding tert-OH is 1. The van der Waals surface area contributed by atoms with Crippen LogP contribution in [0.25, 0.3) is 0 Å². The molecule has 0 unspecified atom stereocenters. The van der Waals surface area contributed by atoms with E-state index in [9.17, 15) is 19.7 Å². The van der Waals surface area contributed by atoms with Crippen LogP contribution in [0.1, 0.15) is 5.69 Å². The van der Waals surface area contributed by atoms with Crippen molar-refractivity contribution >= 4 is 21.6 Å². The molecule has 94 valence electrons. The van der Waals surface area contributed by atoms with Gasteiger partial charge in [0.2, 0.25) is 0 Å². The lowest BCUT2D eigenvalue weighted by atomic mass is 10.3. The predicted octanol–water partition coefficient (Wildman–Crippen LogP) is -0.658. The first-order valence-electron chi connectivity index (χ1n) is 4.59. The average molecular weight is 308 g/mol. The third-order valence-electron chi connectivity index (χ3n) is 2.26. The van der Waals surface area contributed by atoms with E-state index >= 15 is 0 Å². The van der Waals surface area contributed by atoms with Crippen LogP contribution in [-0.4, -0.2) is 25.8 Å². The minimum absolute atomic E-state index is 0.0192. The highest BCUT2D eigenvalue weighted by molar-refractivity contribution is 9.08. The van der Waals surface area contributed by atoms with E-state index in [1.54, 1.807) is 0 Å². The molecule has 0 spiro atoms. The number of alkyl halides is 1. The predicted molar refractivity (Wildman–Crippen MR) is 62.3 cm³/mol. The molecule has 1 aromatic heterocycles. The summed E-state index contributed by atoms with van der Waals surface area (Å²) >= 11 is 3.00. The van der Waals surface area contributed by atoms with E-state index < -0.39 is 21.9 Å². The molecular weight excluding hydrogens is 298 g/mol. The number of rotatable bonds is 4. The first-order chi connectivity index (χ1) is 7.95. The standard InChI is InChI=1S/C8H10BrN3O5/c1-10-7(14)6(12(16)17)5(4-9)11(2-3-13)8(10)15/h13H,2-4H2,1H3. The molecule has 0 aliphatic heterocycles. The topological polar surface area (TPSA) is 107 Å². The molecular formula is C8H10BrN3O5. The molecule has 0 fully saturated rings. The zero-order chi connectivity index (χ0) is 13.2. The summed E-state index contributed by atoms with van der Waals surface area (Å²) in [5.74, 6) is 0. The first kappa shape index (κ1) is 13.6. The monoisotopic (exact) mass is 307 g/mol. The van der Waals surface area contributed by atoms with E-state index in [1.807, 2.05) is 0 Å². The number of aliphatic hydroxyl groups is 1. The molecule has 0 radical (unpaired) electrons. The van der Waals surface area contributed by atoms with Crippen molar-refractivity contribution in [2.75, 3.05) is 6.61 Å². The van der Waals surface area contributed by atoms with Crippen LogP contribution in [0.4, 0.5) is 5.69 Å².